The standard InChI is InChI=1S/C11H11BrN2O2/c1-3-7-13(4-2)10-6-5-9(12)8-11(10)14(15)16/h1,5-6,8H,4,7H2,2H3. The fourth-order valence-corrected chi connectivity index (χ4v) is 1.74. The number of anilines is 1. The SMILES string of the molecule is C#CCN(CC)c1ccc(Br)cc1[N+](=O)[O-]. The molecule has 0 bridgehead atoms. The average Bonchev–Trinajstić information content (AvgIpc) is 2.26. The molecule has 0 saturated heterocycles. The van der Waals surface area contributed by atoms with Gasteiger partial charge in [-0.2, -0.15) is 0 Å². The lowest BCUT2D eigenvalue weighted by Gasteiger charge is -2.19. The first-order chi connectivity index (χ1) is 7.60. The molecule has 0 fully saturated rings. The van der Waals surface area contributed by atoms with Crippen molar-refractivity contribution in [3.8, 4) is 12.3 Å². The maximum absolute atomic E-state index is 10.9. The molecule has 0 spiro atoms. The summed E-state index contributed by atoms with van der Waals surface area (Å²) < 4.78 is 0.680. The van der Waals surface area contributed by atoms with Gasteiger partial charge in [0, 0.05) is 17.1 Å². The Hall–Kier alpha value is -1.54. The molecule has 5 heteroatoms. The van der Waals surface area contributed by atoms with Crippen molar-refractivity contribution in [2.24, 2.45) is 0 Å². The smallest absolute Gasteiger partial charge is 0.293 e. The first-order valence-electron chi connectivity index (χ1n) is 4.72. The van der Waals surface area contributed by atoms with Crippen LogP contribution in [0, 0.1) is 22.5 Å². The number of halogens is 1. The Morgan fingerprint density at radius 3 is 2.81 bits per heavy atom. The Morgan fingerprint density at radius 1 is 1.62 bits per heavy atom. The van der Waals surface area contributed by atoms with Crippen LogP contribution in [-0.4, -0.2) is 18.0 Å². The molecule has 1 rings (SSSR count). The third kappa shape index (κ3) is 2.74. The lowest BCUT2D eigenvalue weighted by molar-refractivity contribution is -0.384. The van der Waals surface area contributed by atoms with Crippen LogP contribution < -0.4 is 4.90 Å². The van der Waals surface area contributed by atoms with Gasteiger partial charge in [0.15, 0.2) is 0 Å². The van der Waals surface area contributed by atoms with Crippen LogP contribution in [0.15, 0.2) is 22.7 Å². The second kappa shape index (κ2) is 5.52. The fourth-order valence-electron chi connectivity index (χ4n) is 1.39. The van der Waals surface area contributed by atoms with E-state index in [2.05, 4.69) is 21.9 Å². The van der Waals surface area contributed by atoms with E-state index in [9.17, 15) is 10.1 Å². The highest BCUT2D eigenvalue weighted by Gasteiger charge is 2.18. The number of nitrogens with zero attached hydrogens (tertiary/aromatic N) is 2. The molecule has 1 aromatic rings. The number of hydrogen-bond donors (Lipinski definition) is 0. The quantitative estimate of drug-likeness (QED) is 0.485. The zero-order valence-electron chi connectivity index (χ0n) is 8.81. The van der Waals surface area contributed by atoms with Crippen LogP contribution in [0.3, 0.4) is 0 Å². The Kier molecular flexibility index (Phi) is 4.32. The summed E-state index contributed by atoms with van der Waals surface area (Å²) in [5, 5.41) is 10.9. The van der Waals surface area contributed by atoms with Crippen molar-refractivity contribution in [2.75, 3.05) is 18.0 Å². The molecule has 0 aliphatic rings. The van der Waals surface area contributed by atoms with Crippen molar-refractivity contribution < 1.29 is 4.92 Å². The molecule has 0 amide bonds. The molecular formula is C11H11BrN2O2. The third-order valence-corrected chi connectivity index (χ3v) is 2.63. The molecule has 0 heterocycles. The molecule has 0 aliphatic heterocycles. The summed E-state index contributed by atoms with van der Waals surface area (Å²) in [4.78, 5) is 12.3. The first-order valence-corrected chi connectivity index (χ1v) is 5.51. The van der Waals surface area contributed by atoms with Crippen molar-refractivity contribution in [3.63, 3.8) is 0 Å². The molecule has 0 aromatic heterocycles. The largest absolute Gasteiger partial charge is 0.355 e. The van der Waals surface area contributed by atoms with Crippen LogP contribution in [-0.2, 0) is 0 Å². The number of terminal acetylenes is 1. The Labute approximate surface area is 103 Å². The number of nitro groups is 1. The maximum Gasteiger partial charge on any atom is 0.293 e. The zero-order chi connectivity index (χ0) is 12.1. The van der Waals surface area contributed by atoms with E-state index in [0.29, 0.717) is 23.2 Å². The van der Waals surface area contributed by atoms with E-state index < -0.39 is 4.92 Å². The van der Waals surface area contributed by atoms with Gasteiger partial charge in [-0.05, 0) is 19.1 Å². The van der Waals surface area contributed by atoms with Crippen molar-refractivity contribution in [3.05, 3.63) is 32.8 Å². The van der Waals surface area contributed by atoms with Gasteiger partial charge in [-0.1, -0.05) is 21.9 Å². The fraction of sp³-hybridized carbons (Fsp3) is 0.273. The van der Waals surface area contributed by atoms with Gasteiger partial charge in [0.1, 0.15) is 5.69 Å². The summed E-state index contributed by atoms with van der Waals surface area (Å²) >= 11 is 3.21. The summed E-state index contributed by atoms with van der Waals surface area (Å²) in [6.45, 7) is 2.90. The van der Waals surface area contributed by atoms with Gasteiger partial charge in [0.25, 0.3) is 5.69 Å². The Bertz CT molecular complexity index is 440. The molecule has 0 saturated carbocycles. The monoisotopic (exact) mass is 282 g/mol. The molecule has 0 N–H and O–H groups in total. The predicted octanol–water partition coefficient (Wildman–Crippen LogP) is 2.82. The highest BCUT2D eigenvalue weighted by atomic mass is 79.9. The van der Waals surface area contributed by atoms with E-state index in [1.807, 2.05) is 6.92 Å². The number of benzene rings is 1. The predicted molar refractivity (Wildman–Crippen MR) is 67.5 cm³/mol. The van der Waals surface area contributed by atoms with Gasteiger partial charge in [0.2, 0.25) is 0 Å². The summed E-state index contributed by atoms with van der Waals surface area (Å²) in [6.07, 6.45) is 5.23. The van der Waals surface area contributed by atoms with Gasteiger partial charge >= 0.3 is 0 Å². The van der Waals surface area contributed by atoms with E-state index in [1.54, 1.807) is 17.0 Å². The normalized spacial score (nSPS) is 9.56. The van der Waals surface area contributed by atoms with Crippen molar-refractivity contribution in [2.45, 2.75) is 6.92 Å². The van der Waals surface area contributed by atoms with Crippen molar-refractivity contribution in [1.82, 2.24) is 0 Å². The molecule has 0 radical (unpaired) electrons. The molecule has 4 nitrogen and oxygen atoms in total. The Morgan fingerprint density at radius 2 is 2.31 bits per heavy atom. The molecule has 0 atom stereocenters. The average molecular weight is 283 g/mol. The van der Waals surface area contributed by atoms with E-state index in [1.165, 1.54) is 6.07 Å². The lowest BCUT2D eigenvalue weighted by Crippen LogP contribution is -2.23. The van der Waals surface area contributed by atoms with Gasteiger partial charge in [-0.3, -0.25) is 10.1 Å². The summed E-state index contributed by atoms with van der Waals surface area (Å²) in [5.74, 6) is 2.49. The third-order valence-electron chi connectivity index (χ3n) is 2.14. The van der Waals surface area contributed by atoms with Crippen LogP contribution >= 0.6 is 15.9 Å². The second-order valence-corrected chi connectivity index (χ2v) is 4.02. The van der Waals surface area contributed by atoms with Gasteiger partial charge in [-0.15, -0.1) is 6.42 Å². The van der Waals surface area contributed by atoms with Crippen LogP contribution in [0.4, 0.5) is 11.4 Å². The highest BCUT2D eigenvalue weighted by Crippen LogP contribution is 2.30. The van der Waals surface area contributed by atoms with Gasteiger partial charge < -0.3 is 4.90 Å². The molecule has 0 aliphatic carbocycles. The molecular weight excluding hydrogens is 272 g/mol. The number of rotatable bonds is 4. The minimum atomic E-state index is -0.404. The highest BCUT2D eigenvalue weighted by molar-refractivity contribution is 9.10. The molecule has 1 aromatic carbocycles. The number of nitro benzene ring substituents is 1. The topological polar surface area (TPSA) is 46.4 Å². The van der Waals surface area contributed by atoms with E-state index in [-0.39, 0.29) is 5.69 Å². The Balaban J connectivity index is 3.21. The summed E-state index contributed by atoms with van der Waals surface area (Å²) in [6, 6.07) is 4.94. The van der Waals surface area contributed by atoms with E-state index in [4.69, 9.17) is 6.42 Å². The summed E-state index contributed by atoms with van der Waals surface area (Å²) in [5.41, 5.74) is 0.611. The summed E-state index contributed by atoms with van der Waals surface area (Å²) in [7, 11) is 0. The van der Waals surface area contributed by atoms with Crippen molar-refractivity contribution in [1.29, 1.82) is 0 Å². The second-order valence-electron chi connectivity index (χ2n) is 3.11. The van der Waals surface area contributed by atoms with Crippen LogP contribution in [0.1, 0.15) is 6.92 Å². The van der Waals surface area contributed by atoms with Gasteiger partial charge in [-0.25, -0.2) is 0 Å². The molecule has 84 valence electrons. The maximum atomic E-state index is 10.9. The number of hydrogen-bond acceptors (Lipinski definition) is 3. The van der Waals surface area contributed by atoms with E-state index >= 15 is 0 Å². The van der Waals surface area contributed by atoms with Crippen LogP contribution in [0.25, 0.3) is 0 Å². The van der Waals surface area contributed by atoms with Gasteiger partial charge in [0.05, 0.1) is 11.5 Å². The van der Waals surface area contributed by atoms with Crippen LogP contribution in [0.2, 0.25) is 0 Å². The first kappa shape index (κ1) is 12.5. The minimum absolute atomic E-state index is 0.0616. The molecule has 16 heavy (non-hydrogen) atoms. The van der Waals surface area contributed by atoms with Crippen molar-refractivity contribution >= 4 is 27.3 Å². The van der Waals surface area contributed by atoms with Crippen LogP contribution in [0.5, 0.6) is 0 Å². The minimum Gasteiger partial charge on any atom is -0.355 e. The molecule has 0 unspecified atom stereocenters. The van der Waals surface area contributed by atoms with E-state index in [0.717, 1.165) is 0 Å². The zero-order valence-corrected chi connectivity index (χ0v) is 10.4. The lowest BCUT2D eigenvalue weighted by atomic mass is 10.2.